The number of fused-ring (bicyclic) bond motifs is 2. The van der Waals surface area contributed by atoms with Crippen LogP contribution in [0.1, 0.15) is 43.2 Å². The third-order valence-electron chi connectivity index (χ3n) is 11.1. The van der Waals surface area contributed by atoms with Gasteiger partial charge in [-0.25, -0.2) is 18.2 Å². The first-order valence-electron chi connectivity index (χ1n) is 17.7. The number of benzene rings is 3. The van der Waals surface area contributed by atoms with Crippen molar-refractivity contribution in [2.45, 2.75) is 62.6 Å². The molecular formula is C40H36F3N5O4. The summed E-state index contributed by atoms with van der Waals surface area (Å²) in [4.78, 5) is 18.3. The van der Waals surface area contributed by atoms with Crippen molar-refractivity contribution >= 4 is 27.5 Å². The summed E-state index contributed by atoms with van der Waals surface area (Å²) >= 11 is 0. The van der Waals surface area contributed by atoms with Crippen LogP contribution >= 0.6 is 0 Å². The minimum atomic E-state index is -0.946. The normalized spacial score (nSPS) is 24.0. The van der Waals surface area contributed by atoms with Gasteiger partial charge in [0.25, 0.3) is 0 Å². The number of halogens is 3. The fourth-order valence-electron chi connectivity index (χ4n) is 8.48. The van der Waals surface area contributed by atoms with E-state index in [9.17, 15) is 9.50 Å². The van der Waals surface area contributed by atoms with E-state index in [0.717, 1.165) is 37.8 Å². The summed E-state index contributed by atoms with van der Waals surface area (Å²) in [6.45, 7) is 2.45. The number of rotatable bonds is 8. The fraction of sp³-hybridized carbons (Fsp3) is 0.375. The maximum atomic E-state index is 17.2. The van der Waals surface area contributed by atoms with Crippen molar-refractivity contribution in [1.29, 1.82) is 0 Å². The maximum Gasteiger partial charge on any atom is 0.319 e. The molecule has 2 atom stereocenters. The van der Waals surface area contributed by atoms with Crippen molar-refractivity contribution < 1.29 is 32.5 Å². The van der Waals surface area contributed by atoms with E-state index in [1.165, 1.54) is 24.3 Å². The lowest BCUT2D eigenvalue weighted by Gasteiger charge is -2.43. The Morgan fingerprint density at radius 2 is 1.88 bits per heavy atom. The maximum absolute atomic E-state index is 17.2. The number of alkyl halides is 1. The molecule has 5 heterocycles. The summed E-state index contributed by atoms with van der Waals surface area (Å²) in [7, 11) is 0. The number of phenols is 1. The molecule has 52 heavy (non-hydrogen) atoms. The number of hydrogen-bond acceptors (Lipinski definition) is 9. The van der Waals surface area contributed by atoms with E-state index in [-0.39, 0.29) is 76.1 Å². The lowest BCUT2D eigenvalue weighted by molar-refractivity contribution is -0.0209. The Hall–Kier alpha value is -5.12. The molecule has 9 rings (SSSR count). The molecule has 0 amide bonds. The standard InChI is InChI=1S/C40H36F3N5O4/c1-2-29-31(42)10-9-24-15-27(49)18-30(32(24)29)35-34(43)36-33-37(46-39(45-36)52-22-40-11-6-12-47(40)20-25(41)19-40)48(13-14-50-38(33)44-35)26-16-28(17-26)51-21-23-7-4-3-5-8-23/h1,3-5,7-10,15,18,25-26,28,49H,6,11-14,16-17,19-22H2/t25?,26?,28?,40-/m0/s1. The average Bonchev–Trinajstić information content (AvgIpc) is 3.59. The van der Waals surface area contributed by atoms with Gasteiger partial charge in [0, 0.05) is 30.0 Å². The van der Waals surface area contributed by atoms with Crippen LogP contribution in [0, 0.1) is 24.0 Å². The topological polar surface area (TPSA) is 93.1 Å². The lowest BCUT2D eigenvalue weighted by atomic mass is 9.87. The molecule has 3 fully saturated rings. The van der Waals surface area contributed by atoms with E-state index >= 15 is 8.78 Å². The van der Waals surface area contributed by atoms with Gasteiger partial charge in [-0.3, -0.25) is 4.90 Å². The molecule has 12 heteroatoms. The molecule has 5 aromatic rings. The first-order valence-corrected chi connectivity index (χ1v) is 17.7. The quantitative estimate of drug-likeness (QED) is 0.177. The molecule has 2 saturated heterocycles. The minimum absolute atomic E-state index is 0.0197. The van der Waals surface area contributed by atoms with Gasteiger partial charge in [0.15, 0.2) is 5.82 Å². The van der Waals surface area contributed by atoms with Crippen LogP contribution in [0.2, 0.25) is 0 Å². The molecule has 266 valence electrons. The Balaban J connectivity index is 1.14. The van der Waals surface area contributed by atoms with Crippen LogP contribution in [0.15, 0.2) is 54.6 Å². The Labute approximate surface area is 298 Å². The summed E-state index contributed by atoms with van der Waals surface area (Å²) < 4.78 is 65.5. The zero-order valence-electron chi connectivity index (χ0n) is 28.3. The van der Waals surface area contributed by atoms with Gasteiger partial charge in [-0.05, 0) is 61.4 Å². The number of anilines is 1. The molecule has 3 aliphatic heterocycles. The minimum Gasteiger partial charge on any atom is -0.508 e. The zero-order valence-corrected chi connectivity index (χ0v) is 28.3. The number of hydrogen-bond donors (Lipinski definition) is 1. The number of pyridine rings is 1. The lowest BCUT2D eigenvalue weighted by Crippen LogP contribution is -2.49. The summed E-state index contributed by atoms with van der Waals surface area (Å²) in [6, 6.07) is 15.4. The van der Waals surface area contributed by atoms with E-state index in [1.54, 1.807) is 0 Å². The van der Waals surface area contributed by atoms with Crippen LogP contribution in [0.3, 0.4) is 0 Å². The number of aromatic hydroxyl groups is 1. The van der Waals surface area contributed by atoms with Gasteiger partial charge in [0.2, 0.25) is 5.88 Å². The highest BCUT2D eigenvalue weighted by Crippen LogP contribution is 2.45. The van der Waals surface area contributed by atoms with Crippen LogP contribution in [-0.2, 0) is 11.3 Å². The number of terminal acetylenes is 1. The van der Waals surface area contributed by atoms with Crippen molar-refractivity contribution in [3.8, 4) is 41.2 Å². The first-order chi connectivity index (χ1) is 25.3. The summed E-state index contributed by atoms with van der Waals surface area (Å²) in [5.74, 6) is 1.22. The molecule has 9 nitrogen and oxygen atoms in total. The van der Waals surface area contributed by atoms with E-state index < -0.39 is 23.3 Å². The Morgan fingerprint density at radius 3 is 2.71 bits per heavy atom. The number of nitrogens with zero attached hydrogens (tertiary/aromatic N) is 5. The van der Waals surface area contributed by atoms with Gasteiger partial charge < -0.3 is 24.2 Å². The van der Waals surface area contributed by atoms with Gasteiger partial charge in [-0.1, -0.05) is 42.3 Å². The van der Waals surface area contributed by atoms with Gasteiger partial charge in [0.1, 0.15) is 53.4 Å². The zero-order chi connectivity index (χ0) is 35.6. The Kier molecular flexibility index (Phi) is 8.08. The molecule has 0 radical (unpaired) electrons. The summed E-state index contributed by atoms with van der Waals surface area (Å²) in [5, 5.41) is 11.6. The highest BCUT2D eigenvalue weighted by atomic mass is 19.1. The first kappa shape index (κ1) is 32.8. The fourth-order valence-corrected chi connectivity index (χ4v) is 8.48. The molecule has 1 aliphatic carbocycles. The highest BCUT2D eigenvalue weighted by molar-refractivity contribution is 6.04. The van der Waals surface area contributed by atoms with E-state index in [1.807, 2.05) is 30.3 Å². The van der Waals surface area contributed by atoms with Crippen molar-refractivity contribution in [2.24, 2.45) is 0 Å². The number of ether oxygens (including phenoxy) is 3. The van der Waals surface area contributed by atoms with Gasteiger partial charge in [0.05, 0.1) is 30.4 Å². The highest BCUT2D eigenvalue weighted by Gasteiger charge is 2.49. The van der Waals surface area contributed by atoms with Crippen LogP contribution in [0.25, 0.3) is 32.9 Å². The Bertz CT molecular complexity index is 2250. The molecule has 1 N–H and O–H groups in total. The molecular weight excluding hydrogens is 671 g/mol. The van der Waals surface area contributed by atoms with Gasteiger partial charge in [-0.2, -0.15) is 9.97 Å². The van der Waals surface area contributed by atoms with Crippen molar-refractivity contribution in [2.75, 3.05) is 37.7 Å². The van der Waals surface area contributed by atoms with Crippen LogP contribution in [0.5, 0.6) is 17.6 Å². The molecule has 2 aromatic heterocycles. The summed E-state index contributed by atoms with van der Waals surface area (Å²) in [6.07, 6.45) is 8.35. The Morgan fingerprint density at radius 1 is 1.04 bits per heavy atom. The summed E-state index contributed by atoms with van der Waals surface area (Å²) in [5.41, 5.74) is 0.297. The van der Waals surface area contributed by atoms with E-state index in [0.29, 0.717) is 37.3 Å². The smallest absolute Gasteiger partial charge is 0.319 e. The monoisotopic (exact) mass is 707 g/mol. The predicted molar refractivity (Wildman–Crippen MR) is 189 cm³/mol. The third kappa shape index (κ3) is 5.54. The second-order valence-corrected chi connectivity index (χ2v) is 14.2. The number of phenolic OH excluding ortho intramolecular Hbond substituents is 1. The average molecular weight is 708 g/mol. The predicted octanol–water partition coefficient (Wildman–Crippen LogP) is 6.71. The molecule has 1 saturated carbocycles. The molecule has 0 spiro atoms. The van der Waals surface area contributed by atoms with E-state index in [4.69, 9.17) is 25.6 Å². The van der Waals surface area contributed by atoms with Crippen LogP contribution < -0.4 is 14.4 Å². The second-order valence-electron chi connectivity index (χ2n) is 14.2. The molecule has 3 aromatic carbocycles. The van der Waals surface area contributed by atoms with Gasteiger partial charge in [-0.15, -0.1) is 6.42 Å². The van der Waals surface area contributed by atoms with Crippen LogP contribution in [-0.4, -0.2) is 81.7 Å². The van der Waals surface area contributed by atoms with Crippen LogP contribution in [0.4, 0.5) is 19.0 Å². The van der Waals surface area contributed by atoms with Crippen molar-refractivity contribution in [3.63, 3.8) is 0 Å². The molecule has 0 bridgehead atoms. The van der Waals surface area contributed by atoms with E-state index in [2.05, 4.69) is 25.7 Å². The van der Waals surface area contributed by atoms with Crippen molar-refractivity contribution in [1.82, 2.24) is 19.9 Å². The van der Waals surface area contributed by atoms with Gasteiger partial charge >= 0.3 is 6.01 Å². The van der Waals surface area contributed by atoms with Crippen molar-refractivity contribution in [3.05, 3.63) is 77.4 Å². The SMILES string of the molecule is C#Cc1c(F)ccc2cc(O)cc(-c3nc4c5c(nc(OC[C@@]67CCCN6CC(F)C7)nc5c3F)N(C3CC(OCc5ccccc5)C3)CCO4)c12. The largest absolute Gasteiger partial charge is 0.508 e. The number of aromatic nitrogens is 3. The third-order valence-corrected chi connectivity index (χ3v) is 11.1. The molecule has 4 aliphatic rings. The second kappa shape index (κ2) is 12.8. The molecule has 1 unspecified atom stereocenters.